The minimum atomic E-state index is -0.478. The summed E-state index contributed by atoms with van der Waals surface area (Å²) in [5.41, 5.74) is 0.505. The molecule has 0 saturated heterocycles. The lowest BCUT2D eigenvalue weighted by atomic mass is 10.3. The van der Waals surface area contributed by atoms with Gasteiger partial charge in [-0.3, -0.25) is 4.79 Å². The van der Waals surface area contributed by atoms with Crippen molar-refractivity contribution in [2.24, 2.45) is 0 Å². The van der Waals surface area contributed by atoms with Gasteiger partial charge < -0.3 is 9.73 Å². The van der Waals surface area contributed by atoms with Crippen molar-refractivity contribution < 1.29 is 9.21 Å². The van der Waals surface area contributed by atoms with Gasteiger partial charge in [0.15, 0.2) is 0 Å². The molecule has 1 N–H and O–H groups in total. The van der Waals surface area contributed by atoms with E-state index in [9.17, 15) is 4.79 Å². The third-order valence-corrected chi connectivity index (χ3v) is 2.17. The first-order valence-electron chi connectivity index (χ1n) is 4.53. The number of carbonyl (C=O) groups excluding carboxylic acids is 1. The van der Waals surface area contributed by atoms with Crippen LogP contribution in [0.4, 0.5) is 5.69 Å². The number of aryl methyl sites for hydroxylation is 1. The Hall–Kier alpha value is -1.88. The summed E-state index contributed by atoms with van der Waals surface area (Å²) in [6.07, 6.45) is 0. The molecule has 1 amide bonds. The van der Waals surface area contributed by atoms with Crippen molar-refractivity contribution in [2.75, 3.05) is 5.32 Å². The average Bonchev–Trinajstić information content (AvgIpc) is 2.68. The Kier molecular flexibility index (Phi) is 2.87. The van der Waals surface area contributed by atoms with Gasteiger partial charge in [-0.2, -0.15) is 0 Å². The summed E-state index contributed by atoms with van der Waals surface area (Å²) in [5.74, 6) is -0.226. The molecule has 82 valence electrons. The second-order valence-electron chi connectivity index (χ2n) is 3.06. The first kappa shape index (κ1) is 10.6. The van der Waals surface area contributed by atoms with Gasteiger partial charge in [-0.25, -0.2) is 0 Å². The third kappa shape index (κ3) is 2.20. The number of hydrogen-bond donors (Lipinski definition) is 1. The van der Waals surface area contributed by atoms with Crippen molar-refractivity contribution in [3.05, 3.63) is 41.1 Å². The third-order valence-electron chi connectivity index (χ3n) is 1.84. The SMILES string of the molecule is Cc1nnc(C(=O)Nc2ccccc2Cl)o1. The Labute approximate surface area is 96.4 Å². The van der Waals surface area contributed by atoms with E-state index < -0.39 is 5.91 Å². The molecule has 0 aliphatic heterocycles. The number of aromatic nitrogens is 2. The summed E-state index contributed by atoms with van der Waals surface area (Å²) in [5, 5.41) is 10.2. The van der Waals surface area contributed by atoms with Crippen LogP contribution in [0.2, 0.25) is 5.02 Å². The van der Waals surface area contributed by atoms with Crippen molar-refractivity contribution in [1.29, 1.82) is 0 Å². The van der Waals surface area contributed by atoms with Gasteiger partial charge in [0.05, 0.1) is 10.7 Å². The molecule has 16 heavy (non-hydrogen) atoms. The van der Waals surface area contributed by atoms with Crippen LogP contribution in [0.1, 0.15) is 16.6 Å². The lowest BCUT2D eigenvalue weighted by Crippen LogP contribution is -2.12. The van der Waals surface area contributed by atoms with E-state index in [0.717, 1.165) is 0 Å². The maximum atomic E-state index is 11.6. The summed E-state index contributed by atoms with van der Waals surface area (Å²) in [6.45, 7) is 1.61. The number of para-hydroxylation sites is 1. The number of anilines is 1. The highest BCUT2D eigenvalue weighted by molar-refractivity contribution is 6.33. The molecule has 1 aromatic heterocycles. The summed E-state index contributed by atoms with van der Waals surface area (Å²) in [6, 6.07) is 6.90. The highest BCUT2D eigenvalue weighted by Gasteiger charge is 2.14. The van der Waals surface area contributed by atoms with E-state index in [0.29, 0.717) is 16.6 Å². The molecule has 0 aliphatic carbocycles. The van der Waals surface area contributed by atoms with Crippen LogP contribution in [0.25, 0.3) is 0 Å². The molecule has 0 bridgehead atoms. The molecule has 0 saturated carbocycles. The molecule has 0 spiro atoms. The van der Waals surface area contributed by atoms with Gasteiger partial charge in [0.25, 0.3) is 0 Å². The fourth-order valence-corrected chi connectivity index (χ4v) is 1.31. The standard InChI is InChI=1S/C10H8ClN3O2/c1-6-13-14-10(16-6)9(15)12-8-5-3-2-4-7(8)11/h2-5H,1H3,(H,12,15). The highest BCUT2D eigenvalue weighted by atomic mass is 35.5. The summed E-state index contributed by atoms with van der Waals surface area (Å²) < 4.78 is 4.98. The van der Waals surface area contributed by atoms with Crippen molar-refractivity contribution in [3.8, 4) is 0 Å². The molecule has 0 fully saturated rings. The van der Waals surface area contributed by atoms with E-state index in [1.165, 1.54) is 0 Å². The largest absolute Gasteiger partial charge is 0.417 e. The zero-order valence-corrected chi connectivity index (χ0v) is 9.15. The topological polar surface area (TPSA) is 68.0 Å². The van der Waals surface area contributed by atoms with Crippen molar-refractivity contribution in [1.82, 2.24) is 10.2 Å². The van der Waals surface area contributed by atoms with Gasteiger partial charge in [0, 0.05) is 6.92 Å². The summed E-state index contributed by atoms with van der Waals surface area (Å²) >= 11 is 5.88. The second-order valence-corrected chi connectivity index (χ2v) is 3.47. The van der Waals surface area contributed by atoms with Crippen molar-refractivity contribution in [2.45, 2.75) is 6.92 Å². The predicted octanol–water partition coefficient (Wildman–Crippen LogP) is 2.28. The smallest absolute Gasteiger partial charge is 0.313 e. The Bertz CT molecular complexity index is 524. The fourth-order valence-electron chi connectivity index (χ4n) is 1.13. The number of benzene rings is 1. The van der Waals surface area contributed by atoms with Crippen LogP contribution in [0.5, 0.6) is 0 Å². The maximum Gasteiger partial charge on any atom is 0.313 e. The van der Waals surface area contributed by atoms with Gasteiger partial charge in [0.2, 0.25) is 5.89 Å². The fraction of sp³-hybridized carbons (Fsp3) is 0.100. The van der Waals surface area contributed by atoms with Crippen LogP contribution >= 0.6 is 11.6 Å². The van der Waals surface area contributed by atoms with E-state index in [1.54, 1.807) is 31.2 Å². The Morgan fingerprint density at radius 3 is 2.75 bits per heavy atom. The molecule has 1 heterocycles. The maximum absolute atomic E-state index is 11.6. The number of carbonyl (C=O) groups is 1. The number of amides is 1. The van der Waals surface area contributed by atoms with Crippen LogP contribution in [-0.2, 0) is 0 Å². The van der Waals surface area contributed by atoms with Crippen LogP contribution in [0.15, 0.2) is 28.7 Å². The van der Waals surface area contributed by atoms with Gasteiger partial charge in [-0.1, -0.05) is 23.7 Å². The lowest BCUT2D eigenvalue weighted by Gasteiger charge is -2.03. The number of nitrogens with one attached hydrogen (secondary N) is 1. The van der Waals surface area contributed by atoms with Crippen LogP contribution in [0, 0.1) is 6.92 Å². The molecular weight excluding hydrogens is 230 g/mol. The van der Waals surface area contributed by atoms with Gasteiger partial charge >= 0.3 is 11.8 Å². The lowest BCUT2D eigenvalue weighted by molar-refractivity contribution is 0.0989. The molecule has 2 rings (SSSR count). The number of rotatable bonds is 2. The zero-order chi connectivity index (χ0) is 11.5. The Morgan fingerprint density at radius 1 is 1.38 bits per heavy atom. The summed E-state index contributed by atoms with van der Waals surface area (Å²) in [7, 11) is 0. The molecule has 6 heteroatoms. The van der Waals surface area contributed by atoms with E-state index in [4.69, 9.17) is 16.0 Å². The van der Waals surface area contributed by atoms with E-state index in [-0.39, 0.29) is 5.89 Å². The molecule has 0 radical (unpaired) electrons. The molecule has 1 aromatic carbocycles. The monoisotopic (exact) mass is 237 g/mol. The summed E-state index contributed by atoms with van der Waals surface area (Å²) in [4.78, 5) is 11.6. The molecule has 2 aromatic rings. The predicted molar refractivity (Wildman–Crippen MR) is 58.4 cm³/mol. The minimum Gasteiger partial charge on any atom is -0.417 e. The number of hydrogen-bond acceptors (Lipinski definition) is 4. The first-order chi connectivity index (χ1) is 7.66. The molecule has 5 nitrogen and oxygen atoms in total. The molecule has 0 aliphatic rings. The van der Waals surface area contributed by atoms with Crippen LogP contribution in [-0.4, -0.2) is 16.1 Å². The van der Waals surface area contributed by atoms with Crippen LogP contribution in [0.3, 0.4) is 0 Å². The van der Waals surface area contributed by atoms with Crippen molar-refractivity contribution in [3.63, 3.8) is 0 Å². The normalized spacial score (nSPS) is 10.1. The molecule has 0 unspecified atom stereocenters. The van der Waals surface area contributed by atoms with Gasteiger partial charge in [-0.15, -0.1) is 10.2 Å². The minimum absolute atomic E-state index is 0.0857. The van der Waals surface area contributed by atoms with Crippen LogP contribution < -0.4 is 5.32 Å². The highest BCUT2D eigenvalue weighted by Crippen LogP contribution is 2.20. The first-order valence-corrected chi connectivity index (χ1v) is 4.90. The number of halogens is 1. The molecular formula is C10H8ClN3O2. The zero-order valence-electron chi connectivity index (χ0n) is 8.40. The Morgan fingerprint density at radius 2 is 2.12 bits per heavy atom. The van der Waals surface area contributed by atoms with Gasteiger partial charge in [-0.05, 0) is 12.1 Å². The van der Waals surface area contributed by atoms with E-state index in [1.807, 2.05) is 0 Å². The Balaban J connectivity index is 2.17. The van der Waals surface area contributed by atoms with E-state index in [2.05, 4.69) is 15.5 Å². The second kappa shape index (κ2) is 4.32. The van der Waals surface area contributed by atoms with Crippen molar-refractivity contribution >= 4 is 23.2 Å². The molecule has 0 atom stereocenters. The average molecular weight is 238 g/mol. The number of nitrogens with zero attached hydrogens (tertiary/aromatic N) is 2. The van der Waals surface area contributed by atoms with E-state index >= 15 is 0 Å². The quantitative estimate of drug-likeness (QED) is 0.870. The van der Waals surface area contributed by atoms with Gasteiger partial charge in [0.1, 0.15) is 0 Å².